The van der Waals surface area contributed by atoms with E-state index < -0.39 is 0 Å². The summed E-state index contributed by atoms with van der Waals surface area (Å²) in [6.45, 7) is 3.95. The number of aliphatic hydroxyl groups is 1. The minimum atomic E-state index is -0.164. The predicted molar refractivity (Wildman–Crippen MR) is 87.9 cm³/mol. The van der Waals surface area contributed by atoms with Gasteiger partial charge in [0.05, 0.1) is 18.2 Å². The molecular formula is C17H25NO2S. The van der Waals surface area contributed by atoms with E-state index >= 15 is 0 Å². The summed E-state index contributed by atoms with van der Waals surface area (Å²) in [7, 11) is 0. The zero-order valence-corrected chi connectivity index (χ0v) is 13.7. The van der Waals surface area contributed by atoms with Crippen LogP contribution in [-0.2, 0) is 0 Å². The number of aryl methyl sites for hydroxylation is 1. The number of aliphatic hydroxyl groups excluding tert-OH is 1. The molecule has 0 bridgehead atoms. The van der Waals surface area contributed by atoms with Gasteiger partial charge < -0.3 is 10.4 Å². The number of nitrogens with one attached hydrogen (secondary N) is 1. The molecule has 2 rings (SSSR count). The van der Waals surface area contributed by atoms with Crippen LogP contribution in [0.15, 0.2) is 23.1 Å². The molecule has 1 fully saturated rings. The molecule has 1 unspecified atom stereocenters. The van der Waals surface area contributed by atoms with Crippen molar-refractivity contribution in [2.24, 2.45) is 0 Å². The first kappa shape index (κ1) is 16.4. The summed E-state index contributed by atoms with van der Waals surface area (Å²) in [5.41, 5.74) is 1.84. The molecule has 3 nitrogen and oxygen atoms in total. The van der Waals surface area contributed by atoms with E-state index in [4.69, 9.17) is 0 Å². The van der Waals surface area contributed by atoms with E-state index in [9.17, 15) is 9.90 Å². The summed E-state index contributed by atoms with van der Waals surface area (Å²) < 4.78 is 0. The summed E-state index contributed by atoms with van der Waals surface area (Å²) >= 11 is 1.83. The maximum atomic E-state index is 12.5. The Bertz CT molecular complexity index is 480. The Hall–Kier alpha value is -1.00. The Kier molecular flexibility index (Phi) is 6.12. The summed E-state index contributed by atoms with van der Waals surface area (Å²) in [5, 5.41) is 12.8. The minimum absolute atomic E-state index is 0.0147. The molecule has 0 heterocycles. The third-order valence-electron chi connectivity index (χ3n) is 4.02. The van der Waals surface area contributed by atoms with E-state index in [1.54, 1.807) is 0 Å². The van der Waals surface area contributed by atoms with Crippen LogP contribution in [0.5, 0.6) is 0 Å². The van der Waals surface area contributed by atoms with Gasteiger partial charge in [0, 0.05) is 10.1 Å². The molecule has 116 valence electrons. The maximum absolute atomic E-state index is 12.5. The van der Waals surface area contributed by atoms with Crippen LogP contribution in [0.1, 0.15) is 54.9 Å². The summed E-state index contributed by atoms with van der Waals surface area (Å²) in [6, 6.07) is 5.92. The standard InChI is InChI=1S/C17H25NO2S/c1-3-13(11-19)18-17(20)15-10-12(2)8-9-16(15)21-14-6-4-5-7-14/h8-10,13-14,19H,3-7,11H2,1-2H3,(H,18,20). The first-order valence-corrected chi connectivity index (χ1v) is 8.71. The van der Waals surface area contributed by atoms with Crippen molar-refractivity contribution in [3.05, 3.63) is 29.3 Å². The molecule has 0 radical (unpaired) electrons. The predicted octanol–water partition coefficient (Wildman–Crippen LogP) is 3.53. The fourth-order valence-corrected chi connectivity index (χ4v) is 4.00. The van der Waals surface area contributed by atoms with Gasteiger partial charge in [0.25, 0.3) is 5.91 Å². The average molecular weight is 307 g/mol. The number of rotatable bonds is 6. The van der Waals surface area contributed by atoms with E-state index in [0.29, 0.717) is 5.25 Å². The molecule has 1 amide bonds. The van der Waals surface area contributed by atoms with E-state index in [-0.39, 0.29) is 18.6 Å². The van der Waals surface area contributed by atoms with Crippen LogP contribution in [0.4, 0.5) is 0 Å². The van der Waals surface area contributed by atoms with Crippen molar-refractivity contribution < 1.29 is 9.90 Å². The van der Waals surface area contributed by atoms with Gasteiger partial charge in [0.1, 0.15) is 0 Å². The Morgan fingerprint density at radius 3 is 2.76 bits per heavy atom. The van der Waals surface area contributed by atoms with Gasteiger partial charge in [-0.25, -0.2) is 0 Å². The van der Waals surface area contributed by atoms with Gasteiger partial charge in [0.15, 0.2) is 0 Å². The number of thioether (sulfide) groups is 1. The highest BCUT2D eigenvalue weighted by Crippen LogP contribution is 2.36. The third-order valence-corrected chi connectivity index (χ3v) is 5.44. The molecule has 0 saturated heterocycles. The minimum Gasteiger partial charge on any atom is -0.394 e. The lowest BCUT2D eigenvalue weighted by molar-refractivity contribution is 0.0912. The number of benzene rings is 1. The van der Waals surface area contributed by atoms with Crippen LogP contribution in [0.25, 0.3) is 0 Å². The van der Waals surface area contributed by atoms with Crippen LogP contribution >= 0.6 is 11.8 Å². The highest BCUT2D eigenvalue weighted by molar-refractivity contribution is 8.00. The first-order valence-electron chi connectivity index (χ1n) is 7.83. The molecule has 0 aromatic heterocycles. The second-order valence-electron chi connectivity index (χ2n) is 5.79. The van der Waals surface area contributed by atoms with E-state index in [1.165, 1.54) is 25.7 Å². The molecule has 1 saturated carbocycles. The quantitative estimate of drug-likeness (QED) is 0.845. The highest BCUT2D eigenvalue weighted by Gasteiger charge is 2.21. The van der Waals surface area contributed by atoms with Gasteiger partial charge in [-0.3, -0.25) is 4.79 Å². The topological polar surface area (TPSA) is 49.3 Å². The normalized spacial score (nSPS) is 16.9. The van der Waals surface area contributed by atoms with Crippen LogP contribution in [-0.4, -0.2) is 28.9 Å². The van der Waals surface area contributed by atoms with Crippen molar-refractivity contribution in [3.63, 3.8) is 0 Å². The van der Waals surface area contributed by atoms with E-state index in [1.807, 2.05) is 31.7 Å². The summed E-state index contributed by atoms with van der Waals surface area (Å²) in [6.07, 6.45) is 5.82. The van der Waals surface area contributed by atoms with Gasteiger partial charge in [-0.2, -0.15) is 0 Å². The second-order valence-corrected chi connectivity index (χ2v) is 7.13. The van der Waals surface area contributed by atoms with Crippen molar-refractivity contribution in [1.82, 2.24) is 5.32 Å². The second kappa shape index (κ2) is 7.85. The molecule has 1 aliphatic carbocycles. The Labute approximate surface area is 131 Å². The largest absolute Gasteiger partial charge is 0.394 e. The van der Waals surface area contributed by atoms with Crippen molar-refractivity contribution in [2.75, 3.05) is 6.61 Å². The molecule has 1 aromatic carbocycles. The molecule has 0 spiro atoms. The lowest BCUT2D eigenvalue weighted by Crippen LogP contribution is -2.37. The van der Waals surface area contributed by atoms with Gasteiger partial charge in [-0.1, -0.05) is 31.4 Å². The van der Waals surface area contributed by atoms with Crippen molar-refractivity contribution in [3.8, 4) is 0 Å². The van der Waals surface area contributed by atoms with Crippen LogP contribution in [0.3, 0.4) is 0 Å². The maximum Gasteiger partial charge on any atom is 0.252 e. The lowest BCUT2D eigenvalue weighted by Gasteiger charge is -2.17. The third kappa shape index (κ3) is 4.48. The monoisotopic (exact) mass is 307 g/mol. The molecule has 0 aliphatic heterocycles. The van der Waals surface area contributed by atoms with Crippen molar-refractivity contribution >= 4 is 17.7 Å². The molecule has 4 heteroatoms. The molecular weight excluding hydrogens is 282 g/mol. The van der Waals surface area contributed by atoms with Gasteiger partial charge in [-0.15, -0.1) is 11.8 Å². The molecule has 1 aromatic rings. The van der Waals surface area contributed by atoms with Crippen LogP contribution in [0.2, 0.25) is 0 Å². The van der Waals surface area contributed by atoms with E-state index in [0.717, 1.165) is 22.4 Å². The zero-order chi connectivity index (χ0) is 15.2. The summed E-state index contributed by atoms with van der Waals surface area (Å²) in [4.78, 5) is 13.6. The van der Waals surface area contributed by atoms with Gasteiger partial charge >= 0.3 is 0 Å². The van der Waals surface area contributed by atoms with Gasteiger partial charge in [0.2, 0.25) is 0 Å². The number of carbonyl (C=O) groups excluding carboxylic acids is 1. The van der Waals surface area contributed by atoms with Crippen molar-refractivity contribution in [2.45, 2.75) is 62.1 Å². The number of hydrogen-bond donors (Lipinski definition) is 2. The SMILES string of the molecule is CCC(CO)NC(=O)c1cc(C)ccc1SC1CCCC1. The number of carbonyl (C=O) groups is 1. The number of amides is 1. The molecule has 21 heavy (non-hydrogen) atoms. The smallest absolute Gasteiger partial charge is 0.252 e. The number of hydrogen-bond acceptors (Lipinski definition) is 3. The zero-order valence-electron chi connectivity index (χ0n) is 12.9. The average Bonchev–Trinajstić information content (AvgIpc) is 2.99. The fourth-order valence-electron chi connectivity index (χ4n) is 2.65. The summed E-state index contributed by atoms with van der Waals surface area (Å²) in [5.74, 6) is -0.0694. The Morgan fingerprint density at radius 1 is 1.43 bits per heavy atom. The highest BCUT2D eigenvalue weighted by atomic mass is 32.2. The van der Waals surface area contributed by atoms with Gasteiger partial charge in [-0.05, 0) is 38.3 Å². The van der Waals surface area contributed by atoms with Crippen molar-refractivity contribution in [1.29, 1.82) is 0 Å². The van der Waals surface area contributed by atoms with E-state index in [2.05, 4.69) is 17.4 Å². The lowest BCUT2D eigenvalue weighted by atomic mass is 10.1. The Balaban J connectivity index is 2.15. The van der Waals surface area contributed by atoms with Crippen LogP contribution < -0.4 is 5.32 Å². The van der Waals surface area contributed by atoms with Crippen LogP contribution in [0, 0.1) is 6.92 Å². The fraction of sp³-hybridized carbons (Fsp3) is 0.588. The Morgan fingerprint density at radius 2 is 2.14 bits per heavy atom. The first-order chi connectivity index (χ1) is 10.1. The molecule has 1 aliphatic rings. The molecule has 1 atom stereocenters. The molecule has 2 N–H and O–H groups in total.